The number of aromatic nitrogens is 2. The van der Waals surface area contributed by atoms with E-state index in [1.165, 1.54) is 12.8 Å². The van der Waals surface area contributed by atoms with E-state index in [1.54, 1.807) is 6.20 Å². The van der Waals surface area contributed by atoms with Crippen LogP contribution in [0.1, 0.15) is 67.0 Å². The average Bonchev–Trinajstić information content (AvgIpc) is 3.37. The molecule has 5 nitrogen and oxygen atoms in total. The highest BCUT2D eigenvalue weighted by Gasteiger charge is 2.39. The molecular formula is C32H33N3O2. The number of esters is 1. The fraction of sp³-hybridized carbons (Fsp3) is 0.281. The zero-order valence-corrected chi connectivity index (χ0v) is 21.8. The molecule has 4 aromatic rings. The van der Waals surface area contributed by atoms with Gasteiger partial charge in [0.05, 0.1) is 24.2 Å². The van der Waals surface area contributed by atoms with E-state index in [9.17, 15) is 4.79 Å². The number of benzene rings is 2. The first kappa shape index (κ1) is 24.7. The summed E-state index contributed by atoms with van der Waals surface area (Å²) in [6, 6.07) is 26.3. The molecule has 2 aromatic carbocycles. The number of ether oxygens (including phenoxy) is 1. The summed E-state index contributed by atoms with van der Waals surface area (Å²) < 4.78 is 7.41. The molecule has 0 saturated heterocycles. The van der Waals surface area contributed by atoms with Crippen LogP contribution in [0.4, 0.5) is 5.69 Å². The third-order valence-electron chi connectivity index (χ3n) is 7.77. The number of para-hydroxylation sites is 1. The predicted octanol–water partition coefficient (Wildman–Crippen LogP) is 7.36. The fourth-order valence-electron chi connectivity index (χ4n) is 5.75. The smallest absolute Gasteiger partial charge is 0.354 e. The standard InChI is InChI=1S/C32H33N3O2/c1-4-32(5-2)19-13-21-35-28(31(36)37-3)22-25(30(32)35)24-16-9-10-17-26(24)34-29(23-14-7-6-8-15-23)27-18-11-12-20-33-27/h6-12,14-18,20,22H,4-5,13,19,21H2,1-3H3. The van der Waals surface area contributed by atoms with Crippen LogP contribution in [0.25, 0.3) is 11.1 Å². The molecule has 0 N–H and O–H groups in total. The van der Waals surface area contributed by atoms with Gasteiger partial charge in [0, 0.05) is 40.5 Å². The van der Waals surface area contributed by atoms with Gasteiger partial charge in [-0.3, -0.25) is 4.98 Å². The maximum atomic E-state index is 12.9. The van der Waals surface area contributed by atoms with Crippen molar-refractivity contribution in [1.29, 1.82) is 0 Å². The van der Waals surface area contributed by atoms with E-state index in [-0.39, 0.29) is 11.4 Å². The van der Waals surface area contributed by atoms with Gasteiger partial charge in [0.15, 0.2) is 0 Å². The van der Waals surface area contributed by atoms with Crippen molar-refractivity contribution in [3.63, 3.8) is 0 Å². The summed E-state index contributed by atoms with van der Waals surface area (Å²) in [5.41, 5.74) is 7.40. The quantitative estimate of drug-likeness (QED) is 0.200. The van der Waals surface area contributed by atoms with Gasteiger partial charge < -0.3 is 9.30 Å². The summed E-state index contributed by atoms with van der Waals surface area (Å²) in [5.74, 6) is -0.296. The Labute approximate surface area is 218 Å². The second-order valence-electron chi connectivity index (χ2n) is 9.58. The lowest BCUT2D eigenvalue weighted by Gasteiger charge is -2.39. The molecule has 3 heterocycles. The number of fused-ring (bicyclic) bond motifs is 1. The monoisotopic (exact) mass is 491 g/mol. The number of pyridine rings is 1. The Morgan fingerprint density at radius 2 is 1.70 bits per heavy atom. The molecule has 1 aliphatic rings. The second kappa shape index (κ2) is 10.6. The highest BCUT2D eigenvalue weighted by Crippen LogP contribution is 2.48. The van der Waals surface area contributed by atoms with E-state index in [0.29, 0.717) is 5.69 Å². The zero-order valence-electron chi connectivity index (χ0n) is 21.8. The van der Waals surface area contributed by atoms with Crippen molar-refractivity contribution in [2.24, 2.45) is 4.99 Å². The topological polar surface area (TPSA) is 56.5 Å². The van der Waals surface area contributed by atoms with Gasteiger partial charge >= 0.3 is 5.97 Å². The summed E-state index contributed by atoms with van der Waals surface area (Å²) in [6.07, 6.45) is 5.96. The van der Waals surface area contributed by atoms with Crippen molar-refractivity contribution < 1.29 is 9.53 Å². The predicted molar refractivity (Wildman–Crippen MR) is 149 cm³/mol. The highest BCUT2D eigenvalue weighted by molar-refractivity contribution is 6.13. The average molecular weight is 492 g/mol. The van der Waals surface area contributed by atoms with Crippen molar-refractivity contribution >= 4 is 17.4 Å². The number of methoxy groups -OCH3 is 1. The summed E-state index contributed by atoms with van der Waals surface area (Å²) >= 11 is 0. The van der Waals surface area contributed by atoms with Crippen molar-refractivity contribution in [3.8, 4) is 11.1 Å². The van der Waals surface area contributed by atoms with E-state index >= 15 is 0 Å². The minimum absolute atomic E-state index is 0.0000733. The zero-order chi connectivity index (χ0) is 25.8. The van der Waals surface area contributed by atoms with Gasteiger partial charge in [-0.2, -0.15) is 0 Å². The highest BCUT2D eigenvalue weighted by atomic mass is 16.5. The number of rotatable bonds is 7. The Kier molecular flexibility index (Phi) is 7.04. The minimum Gasteiger partial charge on any atom is -0.464 e. The first-order valence-electron chi connectivity index (χ1n) is 13.1. The van der Waals surface area contributed by atoms with Crippen LogP contribution in [0, 0.1) is 0 Å². The molecule has 188 valence electrons. The van der Waals surface area contributed by atoms with Gasteiger partial charge in [-0.25, -0.2) is 9.79 Å². The number of carbonyl (C=O) groups excluding carboxylic acids is 1. The molecule has 0 unspecified atom stereocenters. The number of carbonyl (C=O) groups is 1. The van der Waals surface area contributed by atoms with E-state index in [4.69, 9.17) is 9.73 Å². The molecule has 0 spiro atoms. The molecule has 37 heavy (non-hydrogen) atoms. The third kappa shape index (κ3) is 4.50. The second-order valence-corrected chi connectivity index (χ2v) is 9.58. The van der Waals surface area contributed by atoms with Crippen LogP contribution < -0.4 is 0 Å². The third-order valence-corrected chi connectivity index (χ3v) is 7.77. The Hall–Kier alpha value is -3.99. The lowest BCUT2D eigenvalue weighted by Crippen LogP contribution is -2.34. The van der Waals surface area contributed by atoms with Crippen molar-refractivity contribution in [2.45, 2.75) is 51.5 Å². The Bertz CT molecular complexity index is 1380. The molecule has 0 atom stereocenters. The Balaban J connectivity index is 1.76. The SMILES string of the molecule is CCC1(CC)CCCn2c(C(=O)OC)cc(-c3ccccc3N=C(c3ccccc3)c3ccccn3)c21. The van der Waals surface area contributed by atoms with Crippen LogP contribution >= 0.6 is 0 Å². The molecule has 0 fully saturated rings. The van der Waals surface area contributed by atoms with E-state index in [0.717, 1.165) is 66.0 Å². The number of aliphatic imine (C=N–C) groups is 1. The van der Waals surface area contributed by atoms with Crippen LogP contribution in [0.5, 0.6) is 0 Å². The molecule has 0 amide bonds. The molecule has 5 heteroatoms. The van der Waals surface area contributed by atoms with Crippen LogP contribution in [0.3, 0.4) is 0 Å². The van der Waals surface area contributed by atoms with Gasteiger partial charge in [-0.05, 0) is 49.9 Å². The normalized spacial score (nSPS) is 14.7. The summed E-state index contributed by atoms with van der Waals surface area (Å²) in [5, 5.41) is 0. The minimum atomic E-state index is -0.296. The van der Waals surface area contributed by atoms with E-state index in [1.807, 2.05) is 60.7 Å². The van der Waals surface area contributed by atoms with Crippen LogP contribution in [-0.2, 0) is 16.7 Å². The van der Waals surface area contributed by atoms with Crippen LogP contribution in [-0.4, -0.2) is 28.3 Å². The molecule has 0 radical (unpaired) electrons. The molecule has 1 aliphatic heterocycles. The van der Waals surface area contributed by atoms with Crippen LogP contribution in [0.15, 0.2) is 90.1 Å². The maximum Gasteiger partial charge on any atom is 0.354 e. The van der Waals surface area contributed by atoms with Crippen molar-refractivity contribution in [2.75, 3.05) is 7.11 Å². The molecule has 2 aromatic heterocycles. The Morgan fingerprint density at radius 3 is 2.41 bits per heavy atom. The number of hydrogen-bond acceptors (Lipinski definition) is 4. The van der Waals surface area contributed by atoms with E-state index < -0.39 is 0 Å². The molecular weight excluding hydrogens is 458 g/mol. The van der Waals surface area contributed by atoms with Gasteiger partial charge in [-0.1, -0.05) is 68.4 Å². The number of nitrogens with zero attached hydrogens (tertiary/aromatic N) is 3. The molecule has 0 aliphatic carbocycles. The largest absolute Gasteiger partial charge is 0.464 e. The molecule has 0 bridgehead atoms. The van der Waals surface area contributed by atoms with Gasteiger partial charge in [0.2, 0.25) is 0 Å². The molecule has 0 saturated carbocycles. The van der Waals surface area contributed by atoms with Gasteiger partial charge in [0.1, 0.15) is 5.69 Å². The summed E-state index contributed by atoms with van der Waals surface area (Å²) in [6.45, 7) is 5.33. The van der Waals surface area contributed by atoms with E-state index in [2.05, 4.69) is 41.6 Å². The number of hydrogen-bond donors (Lipinski definition) is 0. The lowest BCUT2D eigenvalue weighted by atomic mass is 9.71. The first-order chi connectivity index (χ1) is 18.1. The van der Waals surface area contributed by atoms with Gasteiger partial charge in [-0.15, -0.1) is 0 Å². The summed E-state index contributed by atoms with van der Waals surface area (Å²) in [7, 11) is 1.45. The maximum absolute atomic E-state index is 12.9. The summed E-state index contributed by atoms with van der Waals surface area (Å²) in [4.78, 5) is 22.7. The van der Waals surface area contributed by atoms with Crippen LogP contribution in [0.2, 0.25) is 0 Å². The van der Waals surface area contributed by atoms with Gasteiger partial charge in [0.25, 0.3) is 0 Å². The fourth-order valence-corrected chi connectivity index (χ4v) is 5.75. The Morgan fingerprint density at radius 1 is 0.973 bits per heavy atom. The lowest BCUT2D eigenvalue weighted by molar-refractivity contribution is 0.0585. The van der Waals surface area contributed by atoms with Crippen molar-refractivity contribution in [1.82, 2.24) is 9.55 Å². The first-order valence-corrected chi connectivity index (χ1v) is 13.1. The van der Waals surface area contributed by atoms with Crippen molar-refractivity contribution in [3.05, 3.63) is 108 Å². The molecule has 5 rings (SSSR count).